The van der Waals surface area contributed by atoms with Crippen molar-refractivity contribution in [1.82, 2.24) is 25.5 Å². The maximum absolute atomic E-state index is 12.2. The van der Waals surface area contributed by atoms with E-state index < -0.39 is 0 Å². The Bertz CT molecular complexity index is 830. The van der Waals surface area contributed by atoms with E-state index >= 15 is 0 Å². The van der Waals surface area contributed by atoms with Gasteiger partial charge in [0.15, 0.2) is 0 Å². The van der Waals surface area contributed by atoms with Crippen molar-refractivity contribution in [3.05, 3.63) is 72.1 Å². The Kier molecular flexibility index (Phi) is 4.24. The van der Waals surface area contributed by atoms with E-state index in [4.69, 9.17) is 0 Å². The van der Waals surface area contributed by atoms with Crippen molar-refractivity contribution in [2.45, 2.75) is 18.8 Å². The normalized spacial score (nSPS) is 18.7. The van der Waals surface area contributed by atoms with Crippen molar-refractivity contribution >= 4 is 5.91 Å². The first-order chi connectivity index (χ1) is 12.3. The highest BCUT2D eigenvalue weighted by molar-refractivity contribution is 5.78. The third-order valence-electron chi connectivity index (χ3n) is 4.63. The summed E-state index contributed by atoms with van der Waals surface area (Å²) in [4.78, 5) is 12.2. The fourth-order valence-corrected chi connectivity index (χ4v) is 3.12. The zero-order valence-electron chi connectivity index (χ0n) is 13.7. The molecule has 1 heterocycles. The average molecular weight is 333 g/mol. The van der Waals surface area contributed by atoms with Gasteiger partial charge >= 0.3 is 0 Å². The van der Waals surface area contributed by atoms with Crippen LogP contribution in [-0.4, -0.2) is 32.7 Å². The minimum atomic E-state index is 0.0638. The molecule has 0 radical (unpaired) electrons. The molecule has 1 amide bonds. The fraction of sp³-hybridized carbons (Fsp3) is 0.263. The van der Waals surface area contributed by atoms with Gasteiger partial charge in [0, 0.05) is 6.54 Å². The van der Waals surface area contributed by atoms with Crippen molar-refractivity contribution in [3.8, 4) is 5.69 Å². The molecule has 0 bridgehead atoms. The summed E-state index contributed by atoms with van der Waals surface area (Å²) >= 11 is 0. The molecule has 0 spiro atoms. The summed E-state index contributed by atoms with van der Waals surface area (Å²) in [5, 5.41) is 14.1. The predicted molar refractivity (Wildman–Crippen MR) is 93.2 cm³/mol. The lowest BCUT2D eigenvalue weighted by Crippen LogP contribution is -2.27. The monoisotopic (exact) mass is 333 g/mol. The molecule has 1 fully saturated rings. The van der Waals surface area contributed by atoms with Crippen LogP contribution >= 0.6 is 0 Å². The number of benzene rings is 2. The Morgan fingerprint density at radius 2 is 1.92 bits per heavy atom. The number of rotatable bonds is 6. The minimum Gasteiger partial charge on any atom is -0.356 e. The molecule has 1 aliphatic carbocycles. The van der Waals surface area contributed by atoms with Gasteiger partial charge in [-0.2, -0.15) is 0 Å². The molecule has 2 atom stereocenters. The maximum atomic E-state index is 12.2. The summed E-state index contributed by atoms with van der Waals surface area (Å²) in [6.07, 6.45) is 3.09. The Morgan fingerprint density at radius 3 is 2.64 bits per heavy atom. The fourth-order valence-electron chi connectivity index (χ4n) is 3.12. The lowest BCUT2D eigenvalue weighted by molar-refractivity contribution is -0.120. The SMILES string of the molecule is O=C(Cc1ccc(-n2cnnn2)cc1)NC[C@@H]1C[C@@H]1c1ccccc1. The Labute approximate surface area is 145 Å². The van der Waals surface area contributed by atoms with Gasteiger partial charge in [0.05, 0.1) is 12.1 Å². The van der Waals surface area contributed by atoms with Crippen molar-refractivity contribution in [1.29, 1.82) is 0 Å². The van der Waals surface area contributed by atoms with Crippen LogP contribution in [0.5, 0.6) is 0 Å². The Morgan fingerprint density at radius 1 is 1.12 bits per heavy atom. The second kappa shape index (κ2) is 6.84. The van der Waals surface area contributed by atoms with Gasteiger partial charge in [0.2, 0.25) is 5.91 Å². The van der Waals surface area contributed by atoms with Gasteiger partial charge in [0.25, 0.3) is 0 Å². The first-order valence-electron chi connectivity index (χ1n) is 8.43. The zero-order chi connectivity index (χ0) is 17.1. The van der Waals surface area contributed by atoms with Crippen LogP contribution < -0.4 is 5.32 Å². The average Bonchev–Trinajstić information content (AvgIpc) is 3.23. The molecule has 3 aromatic rings. The number of hydrogen-bond acceptors (Lipinski definition) is 4. The Hall–Kier alpha value is -3.02. The van der Waals surface area contributed by atoms with Crippen LogP contribution in [0.15, 0.2) is 60.9 Å². The van der Waals surface area contributed by atoms with E-state index in [-0.39, 0.29) is 5.91 Å². The molecule has 6 heteroatoms. The van der Waals surface area contributed by atoms with Crippen LogP contribution in [0.3, 0.4) is 0 Å². The molecule has 1 aromatic heterocycles. The lowest BCUT2D eigenvalue weighted by atomic mass is 10.1. The quantitative estimate of drug-likeness (QED) is 0.750. The summed E-state index contributed by atoms with van der Waals surface area (Å²) in [5.74, 6) is 1.22. The van der Waals surface area contributed by atoms with E-state index in [0.717, 1.165) is 24.2 Å². The van der Waals surface area contributed by atoms with Gasteiger partial charge in [-0.25, -0.2) is 4.68 Å². The van der Waals surface area contributed by atoms with Gasteiger partial charge in [-0.05, 0) is 51.9 Å². The van der Waals surface area contributed by atoms with Crippen LogP contribution in [0.1, 0.15) is 23.5 Å². The van der Waals surface area contributed by atoms with Crippen LogP contribution in [0, 0.1) is 5.92 Å². The molecule has 0 aliphatic heterocycles. The molecule has 1 aliphatic rings. The Balaban J connectivity index is 1.26. The molecule has 1 N–H and O–H groups in total. The van der Waals surface area contributed by atoms with E-state index in [2.05, 4.69) is 45.1 Å². The number of amides is 1. The molecule has 25 heavy (non-hydrogen) atoms. The number of aromatic nitrogens is 4. The zero-order valence-corrected chi connectivity index (χ0v) is 13.7. The first-order valence-corrected chi connectivity index (χ1v) is 8.43. The number of tetrazole rings is 1. The van der Waals surface area contributed by atoms with E-state index in [1.807, 2.05) is 30.3 Å². The van der Waals surface area contributed by atoms with Gasteiger partial charge in [-0.3, -0.25) is 4.79 Å². The van der Waals surface area contributed by atoms with Crippen molar-refractivity contribution in [2.24, 2.45) is 5.92 Å². The van der Waals surface area contributed by atoms with E-state index in [1.165, 1.54) is 5.56 Å². The summed E-state index contributed by atoms with van der Waals surface area (Å²) in [5.41, 5.74) is 3.22. The van der Waals surface area contributed by atoms with Crippen LogP contribution in [0.4, 0.5) is 0 Å². The highest BCUT2D eigenvalue weighted by Crippen LogP contribution is 2.46. The van der Waals surface area contributed by atoms with Crippen LogP contribution in [-0.2, 0) is 11.2 Å². The minimum absolute atomic E-state index is 0.0638. The van der Waals surface area contributed by atoms with Gasteiger partial charge in [0.1, 0.15) is 6.33 Å². The molecule has 4 rings (SSSR count). The number of hydrogen-bond donors (Lipinski definition) is 1. The second-order valence-corrected chi connectivity index (χ2v) is 6.41. The number of carbonyl (C=O) groups excluding carboxylic acids is 1. The molecular formula is C19H19N5O. The second-order valence-electron chi connectivity index (χ2n) is 6.41. The third-order valence-corrected chi connectivity index (χ3v) is 4.63. The highest BCUT2D eigenvalue weighted by atomic mass is 16.1. The molecule has 0 unspecified atom stereocenters. The lowest BCUT2D eigenvalue weighted by Gasteiger charge is -2.06. The van der Waals surface area contributed by atoms with Gasteiger partial charge in [-0.15, -0.1) is 5.10 Å². The summed E-state index contributed by atoms with van der Waals surface area (Å²) in [6, 6.07) is 18.2. The maximum Gasteiger partial charge on any atom is 0.224 e. The summed E-state index contributed by atoms with van der Waals surface area (Å²) in [7, 11) is 0. The molecule has 1 saturated carbocycles. The predicted octanol–water partition coefficient (Wildman–Crippen LogP) is 2.12. The number of nitrogens with zero attached hydrogens (tertiary/aromatic N) is 4. The van der Waals surface area contributed by atoms with E-state index in [0.29, 0.717) is 18.3 Å². The van der Waals surface area contributed by atoms with Crippen LogP contribution in [0.25, 0.3) is 5.69 Å². The summed E-state index contributed by atoms with van der Waals surface area (Å²) < 4.78 is 1.58. The topological polar surface area (TPSA) is 72.7 Å². The largest absolute Gasteiger partial charge is 0.356 e. The summed E-state index contributed by atoms with van der Waals surface area (Å²) in [6.45, 7) is 0.751. The van der Waals surface area contributed by atoms with Crippen molar-refractivity contribution in [3.63, 3.8) is 0 Å². The molecule has 126 valence electrons. The van der Waals surface area contributed by atoms with Gasteiger partial charge in [-0.1, -0.05) is 42.5 Å². The smallest absolute Gasteiger partial charge is 0.224 e. The molecule has 6 nitrogen and oxygen atoms in total. The molecule has 0 saturated heterocycles. The number of carbonyl (C=O) groups is 1. The first kappa shape index (κ1) is 15.5. The highest BCUT2D eigenvalue weighted by Gasteiger charge is 2.37. The molecule has 2 aromatic carbocycles. The number of nitrogens with one attached hydrogen (secondary N) is 1. The van der Waals surface area contributed by atoms with Crippen molar-refractivity contribution < 1.29 is 4.79 Å². The standard InChI is InChI=1S/C19H19N5O/c25-19(20-12-16-11-18(16)15-4-2-1-3-5-15)10-14-6-8-17(9-7-14)24-13-21-22-23-24/h1-9,13,16,18H,10-12H2,(H,20,25)/t16-,18+/m0/s1. The van der Waals surface area contributed by atoms with Crippen LogP contribution in [0.2, 0.25) is 0 Å². The molecular weight excluding hydrogens is 314 g/mol. The van der Waals surface area contributed by atoms with E-state index in [1.54, 1.807) is 11.0 Å². The van der Waals surface area contributed by atoms with E-state index in [9.17, 15) is 4.79 Å². The van der Waals surface area contributed by atoms with Crippen molar-refractivity contribution in [2.75, 3.05) is 6.54 Å². The third kappa shape index (κ3) is 3.74. The van der Waals surface area contributed by atoms with Gasteiger partial charge < -0.3 is 5.32 Å².